The molecule has 8 heteroatoms. The van der Waals surface area contributed by atoms with Gasteiger partial charge in [-0.15, -0.1) is 10.2 Å². The summed E-state index contributed by atoms with van der Waals surface area (Å²) in [4.78, 5) is 12.7. The molecule has 4 aromatic rings. The minimum atomic E-state index is -0.422. The van der Waals surface area contributed by atoms with E-state index in [1.807, 2.05) is 84.3 Å². The van der Waals surface area contributed by atoms with E-state index in [-0.39, 0.29) is 17.7 Å². The van der Waals surface area contributed by atoms with Crippen LogP contribution in [0, 0.1) is 0 Å². The van der Waals surface area contributed by atoms with Crippen molar-refractivity contribution in [1.29, 1.82) is 0 Å². The molecule has 0 unspecified atom stereocenters. The lowest BCUT2D eigenvalue weighted by Crippen LogP contribution is -2.34. The number of aryl methyl sites for hydroxylation is 1. The van der Waals surface area contributed by atoms with Gasteiger partial charge in [0.05, 0.1) is 5.75 Å². The summed E-state index contributed by atoms with van der Waals surface area (Å²) in [6.45, 7) is 2.36. The Hall–Kier alpha value is -3.78. The summed E-state index contributed by atoms with van der Waals surface area (Å²) >= 11 is 1.36. The topological polar surface area (TPSA) is 78.3 Å². The van der Waals surface area contributed by atoms with Crippen LogP contribution in [-0.2, 0) is 11.2 Å². The van der Waals surface area contributed by atoms with Gasteiger partial charge in [0.25, 0.3) is 0 Å². The van der Waals surface area contributed by atoms with Gasteiger partial charge in [-0.05, 0) is 49.6 Å². The molecule has 0 radical (unpaired) electrons. The van der Waals surface area contributed by atoms with Gasteiger partial charge in [-0.2, -0.15) is 0 Å². The third-order valence-electron chi connectivity index (χ3n) is 5.92. The van der Waals surface area contributed by atoms with E-state index in [0.717, 1.165) is 18.5 Å². The predicted molar refractivity (Wildman–Crippen MR) is 140 cm³/mol. The summed E-state index contributed by atoms with van der Waals surface area (Å²) in [6, 6.07) is 27.8. The first-order valence-electron chi connectivity index (χ1n) is 12.0. The van der Waals surface area contributed by atoms with Crippen molar-refractivity contribution in [3.8, 4) is 17.2 Å². The quantitative estimate of drug-likeness (QED) is 0.326. The fourth-order valence-electron chi connectivity index (χ4n) is 4.10. The molecular weight excluding hydrogens is 472 g/mol. The highest BCUT2D eigenvalue weighted by atomic mass is 32.2. The van der Waals surface area contributed by atoms with Gasteiger partial charge in [-0.3, -0.25) is 9.36 Å². The third kappa shape index (κ3) is 5.71. The van der Waals surface area contributed by atoms with E-state index < -0.39 is 6.10 Å². The van der Waals surface area contributed by atoms with Crippen LogP contribution in [0.15, 0.2) is 90.1 Å². The van der Waals surface area contributed by atoms with E-state index in [1.54, 1.807) is 0 Å². The summed E-state index contributed by atoms with van der Waals surface area (Å²) in [5, 5.41) is 12.6. The zero-order chi connectivity index (χ0) is 24.7. The monoisotopic (exact) mass is 500 g/mol. The van der Waals surface area contributed by atoms with Crippen molar-refractivity contribution in [2.75, 3.05) is 12.4 Å². The Kier molecular flexibility index (Phi) is 7.52. The number of carbonyl (C=O) groups excluding carboxylic acids is 1. The van der Waals surface area contributed by atoms with Gasteiger partial charge in [0.1, 0.15) is 6.61 Å². The average molecular weight is 501 g/mol. The van der Waals surface area contributed by atoms with Crippen LogP contribution in [0.3, 0.4) is 0 Å². The van der Waals surface area contributed by atoms with Crippen molar-refractivity contribution in [1.82, 2.24) is 20.1 Å². The van der Waals surface area contributed by atoms with Crippen LogP contribution < -0.4 is 14.8 Å². The lowest BCUT2D eigenvalue weighted by molar-refractivity contribution is -0.119. The molecule has 2 atom stereocenters. The van der Waals surface area contributed by atoms with Crippen molar-refractivity contribution < 1.29 is 14.3 Å². The summed E-state index contributed by atoms with van der Waals surface area (Å²) < 4.78 is 14.1. The second-order valence-electron chi connectivity index (χ2n) is 8.66. The van der Waals surface area contributed by atoms with Gasteiger partial charge in [0.2, 0.25) is 5.91 Å². The van der Waals surface area contributed by atoms with Crippen LogP contribution in [0.4, 0.5) is 0 Å². The van der Waals surface area contributed by atoms with Crippen LogP contribution in [0.1, 0.15) is 30.8 Å². The van der Waals surface area contributed by atoms with Gasteiger partial charge in [0, 0.05) is 11.7 Å². The average Bonchev–Trinajstić information content (AvgIpc) is 3.35. The minimum Gasteiger partial charge on any atom is -0.485 e. The number of ether oxygens (including phenoxy) is 2. The molecule has 5 rings (SSSR count). The molecule has 0 saturated heterocycles. The molecule has 3 aromatic carbocycles. The number of hydrogen-bond acceptors (Lipinski definition) is 6. The van der Waals surface area contributed by atoms with Gasteiger partial charge >= 0.3 is 0 Å². The van der Waals surface area contributed by atoms with Gasteiger partial charge in [0.15, 0.2) is 28.6 Å². The highest BCUT2D eigenvalue weighted by Gasteiger charge is 2.29. The highest BCUT2D eigenvalue weighted by Crippen LogP contribution is 2.36. The highest BCUT2D eigenvalue weighted by molar-refractivity contribution is 7.99. The molecule has 1 amide bonds. The van der Waals surface area contributed by atoms with Crippen molar-refractivity contribution >= 4 is 17.7 Å². The van der Waals surface area contributed by atoms with Gasteiger partial charge < -0.3 is 14.8 Å². The number of carbonyl (C=O) groups is 1. The minimum absolute atomic E-state index is 0.0316. The smallest absolute Gasteiger partial charge is 0.230 e. The Balaban J connectivity index is 1.26. The number of rotatable bonds is 9. The third-order valence-corrected chi connectivity index (χ3v) is 6.85. The molecule has 1 aliphatic heterocycles. The lowest BCUT2D eigenvalue weighted by atomic mass is 10.1. The number of para-hydroxylation sites is 3. The van der Waals surface area contributed by atoms with E-state index in [2.05, 4.69) is 27.6 Å². The molecule has 2 heterocycles. The Morgan fingerprint density at radius 3 is 2.47 bits per heavy atom. The Labute approximate surface area is 214 Å². The Morgan fingerprint density at radius 1 is 1.00 bits per heavy atom. The largest absolute Gasteiger partial charge is 0.485 e. The van der Waals surface area contributed by atoms with Crippen LogP contribution in [0.2, 0.25) is 0 Å². The van der Waals surface area contributed by atoms with E-state index in [0.29, 0.717) is 29.1 Å². The Bertz CT molecular complexity index is 1300. The van der Waals surface area contributed by atoms with Crippen molar-refractivity contribution in [2.45, 2.75) is 37.1 Å². The number of amides is 1. The molecular formula is C28H28N4O3S. The first kappa shape index (κ1) is 23.9. The maximum absolute atomic E-state index is 12.7. The van der Waals surface area contributed by atoms with E-state index in [4.69, 9.17) is 9.47 Å². The number of nitrogens with zero attached hydrogens (tertiary/aromatic N) is 3. The van der Waals surface area contributed by atoms with Crippen LogP contribution >= 0.6 is 11.8 Å². The molecule has 0 aliphatic carbocycles. The molecule has 0 fully saturated rings. The number of aromatic nitrogens is 3. The zero-order valence-corrected chi connectivity index (χ0v) is 20.9. The summed E-state index contributed by atoms with van der Waals surface area (Å²) in [6.07, 6.45) is 1.38. The lowest BCUT2D eigenvalue weighted by Gasteiger charge is -2.26. The SMILES string of the molecule is C[C@H](CCc1ccccc1)NC(=O)CSc1nnc([C@@H]2COc3ccccc3O2)n1-c1ccccc1. The molecule has 0 bridgehead atoms. The van der Waals surface area contributed by atoms with E-state index >= 15 is 0 Å². The standard InChI is InChI=1S/C28H28N4O3S/c1-20(16-17-21-10-4-2-5-11-21)29-26(33)19-36-28-31-30-27(32(28)22-12-6-3-7-13-22)25-18-34-23-14-8-9-15-24(23)35-25/h2-15,20,25H,16-19H2,1H3,(H,29,33)/t20-,25+/m1/s1. The number of fused-ring (bicyclic) bond motifs is 1. The Morgan fingerprint density at radius 2 is 1.69 bits per heavy atom. The summed E-state index contributed by atoms with van der Waals surface area (Å²) in [5.41, 5.74) is 2.17. The zero-order valence-electron chi connectivity index (χ0n) is 20.0. The van der Waals surface area contributed by atoms with Crippen LogP contribution in [0.25, 0.3) is 5.69 Å². The molecule has 7 nitrogen and oxygen atoms in total. The number of benzene rings is 3. The number of hydrogen-bond donors (Lipinski definition) is 1. The molecule has 36 heavy (non-hydrogen) atoms. The second kappa shape index (κ2) is 11.3. The van der Waals surface area contributed by atoms with Crippen LogP contribution in [-0.4, -0.2) is 39.1 Å². The normalized spacial score (nSPS) is 15.3. The maximum Gasteiger partial charge on any atom is 0.230 e. The molecule has 184 valence electrons. The molecule has 0 spiro atoms. The second-order valence-corrected chi connectivity index (χ2v) is 9.60. The first-order valence-corrected chi connectivity index (χ1v) is 13.0. The fraction of sp³-hybridized carbons (Fsp3) is 0.250. The van der Waals surface area contributed by atoms with E-state index in [1.165, 1.54) is 17.3 Å². The van der Waals surface area contributed by atoms with Crippen molar-refractivity contribution in [3.63, 3.8) is 0 Å². The summed E-state index contributed by atoms with van der Waals surface area (Å²) in [7, 11) is 0. The van der Waals surface area contributed by atoms with Crippen molar-refractivity contribution in [3.05, 3.63) is 96.3 Å². The molecule has 1 N–H and O–H groups in total. The fourth-order valence-corrected chi connectivity index (χ4v) is 4.87. The van der Waals surface area contributed by atoms with E-state index in [9.17, 15) is 4.79 Å². The first-order chi connectivity index (χ1) is 17.7. The van der Waals surface area contributed by atoms with Gasteiger partial charge in [-0.25, -0.2) is 0 Å². The number of thioether (sulfide) groups is 1. The molecule has 1 aromatic heterocycles. The molecule has 0 saturated carbocycles. The maximum atomic E-state index is 12.7. The predicted octanol–water partition coefficient (Wildman–Crippen LogP) is 5.01. The summed E-state index contributed by atoms with van der Waals surface area (Å²) in [5.74, 6) is 2.23. The van der Waals surface area contributed by atoms with Crippen molar-refractivity contribution in [2.24, 2.45) is 0 Å². The molecule has 1 aliphatic rings. The number of nitrogens with one attached hydrogen (secondary N) is 1. The van der Waals surface area contributed by atoms with Gasteiger partial charge in [-0.1, -0.05) is 72.4 Å². The van der Waals surface area contributed by atoms with Crippen LogP contribution in [0.5, 0.6) is 11.5 Å².